The molecule has 0 atom stereocenters. The molecule has 0 unspecified atom stereocenters. The number of nitrogens with one attached hydrogen (secondary N) is 1. The molecule has 1 N–H and O–H groups in total. The van der Waals surface area contributed by atoms with Crippen molar-refractivity contribution in [2.24, 2.45) is 0 Å². The smallest absolute Gasteiger partial charge is 0.259 e. The standard InChI is InChI=1S/C23H19N5O2S/c1-14-8-9-19(31-14)18-12-17(21-15(2)27-30-23(21)25-18)22(29)26-20-10-11-24-28(20)13-16-6-4-3-5-7-16/h3-12H,13H2,1-2H3,(H,26,29). The first-order valence-corrected chi connectivity index (χ1v) is 10.6. The summed E-state index contributed by atoms with van der Waals surface area (Å²) in [4.78, 5) is 20.0. The van der Waals surface area contributed by atoms with Crippen molar-refractivity contribution in [3.8, 4) is 10.6 Å². The van der Waals surface area contributed by atoms with Gasteiger partial charge in [-0.05, 0) is 37.6 Å². The van der Waals surface area contributed by atoms with Crippen molar-refractivity contribution in [1.29, 1.82) is 0 Å². The van der Waals surface area contributed by atoms with Crippen LogP contribution in [0, 0.1) is 13.8 Å². The van der Waals surface area contributed by atoms with E-state index in [4.69, 9.17) is 4.52 Å². The maximum absolute atomic E-state index is 13.3. The number of amides is 1. The van der Waals surface area contributed by atoms with Gasteiger partial charge in [0.1, 0.15) is 5.82 Å². The first-order chi connectivity index (χ1) is 15.1. The van der Waals surface area contributed by atoms with Crippen molar-refractivity contribution in [1.82, 2.24) is 19.9 Å². The lowest BCUT2D eigenvalue weighted by Crippen LogP contribution is -2.17. The molecule has 154 valence electrons. The van der Waals surface area contributed by atoms with Gasteiger partial charge in [-0.1, -0.05) is 35.5 Å². The van der Waals surface area contributed by atoms with Crippen molar-refractivity contribution in [3.63, 3.8) is 0 Å². The fourth-order valence-corrected chi connectivity index (χ4v) is 4.31. The lowest BCUT2D eigenvalue weighted by molar-refractivity contribution is 0.102. The molecule has 0 aliphatic heterocycles. The van der Waals surface area contributed by atoms with Gasteiger partial charge < -0.3 is 9.84 Å². The van der Waals surface area contributed by atoms with Crippen LogP contribution >= 0.6 is 11.3 Å². The van der Waals surface area contributed by atoms with E-state index in [9.17, 15) is 4.79 Å². The third-order valence-corrected chi connectivity index (χ3v) is 6.01. The van der Waals surface area contributed by atoms with Crippen LogP contribution in [0.25, 0.3) is 21.7 Å². The number of nitrogens with zero attached hydrogens (tertiary/aromatic N) is 4. The number of aromatic nitrogens is 4. The number of benzene rings is 1. The molecule has 0 bridgehead atoms. The molecule has 1 amide bonds. The number of anilines is 1. The fraction of sp³-hybridized carbons (Fsp3) is 0.130. The largest absolute Gasteiger partial charge is 0.335 e. The molecule has 8 heteroatoms. The number of rotatable bonds is 5. The van der Waals surface area contributed by atoms with Crippen LogP contribution in [-0.4, -0.2) is 25.8 Å². The average molecular weight is 430 g/mol. The summed E-state index contributed by atoms with van der Waals surface area (Å²) < 4.78 is 7.15. The second kappa shape index (κ2) is 7.81. The highest BCUT2D eigenvalue weighted by Crippen LogP contribution is 2.31. The van der Waals surface area contributed by atoms with Crippen LogP contribution < -0.4 is 5.32 Å². The zero-order chi connectivity index (χ0) is 21.4. The van der Waals surface area contributed by atoms with Crippen LogP contribution in [0.2, 0.25) is 0 Å². The zero-order valence-electron chi connectivity index (χ0n) is 17.0. The first-order valence-electron chi connectivity index (χ1n) is 9.79. The maximum atomic E-state index is 13.3. The van der Waals surface area contributed by atoms with Crippen LogP contribution in [0.1, 0.15) is 26.5 Å². The molecule has 7 nitrogen and oxygen atoms in total. The van der Waals surface area contributed by atoms with Crippen molar-refractivity contribution in [2.45, 2.75) is 20.4 Å². The van der Waals surface area contributed by atoms with Gasteiger partial charge in [0.2, 0.25) is 0 Å². The monoisotopic (exact) mass is 429 g/mol. The molecule has 4 heterocycles. The van der Waals surface area contributed by atoms with Crippen molar-refractivity contribution in [3.05, 3.63) is 82.5 Å². The van der Waals surface area contributed by atoms with Gasteiger partial charge in [0.15, 0.2) is 0 Å². The Balaban J connectivity index is 1.51. The third kappa shape index (κ3) is 3.73. The number of aryl methyl sites for hydroxylation is 2. The molecule has 4 aromatic heterocycles. The number of thiophene rings is 1. The minimum Gasteiger partial charge on any atom is -0.335 e. The second-order valence-electron chi connectivity index (χ2n) is 7.23. The van der Waals surface area contributed by atoms with Crippen LogP contribution in [0.5, 0.6) is 0 Å². The molecule has 0 saturated heterocycles. The molecule has 0 spiro atoms. The summed E-state index contributed by atoms with van der Waals surface area (Å²) >= 11 is 1.62. The Morgan fingerprint density at radius 2 is 1.97 bits per heavy atom. The molecule has 1 aromatic carbocycles. The van der Waals surface area contributed by atoms with E-state index in [-0.39, 0.29) is 5.91 Å². The van der Waals surface area contributed by atoms with Crippen molar-refractivity contribution < 1.29 is 9.32 Å². The van der Waals surface area contributed by atoms with E-state index in [0.29, 0.717) is 40.4 Å². The average Bonchev–Trinajstić information content (AvgIpc) is 3.49. The Bertz CT molecular complexity index is 1380. The van der Waals surface area contributed by atoms with E-state index in [1.807, 2.05) is 49.4 Å². The van der Waals surface area contributed by atoms with Crippen LogP contribution in [0.4, 0.5) is 5.82 Å². The van der Waals surface area contributed by atoms with Gasteiger partial charge >= 0.3 is 0 Å². The van der Waals surface area contributed by atoms with E-state index in [0.717, 1.165) is 10.4 Å². The Kier molecular flexibility index (Phi) is 4.83. The normalized spacial score (nSPS) is 11.2. The Labute approximate surface area is 182 Å². The van der Waals surface area contributed by atoms with E-state index in [2.05, 4.69) is 20.6 Å². The van der Waals surface area contributed by atoms with Crippen molar-refractivity contribution in [2.75, 3.05) is 5.32 Å². The summed E-state index contributed by atoms with van der Waals surface area (Å²) in [5, 5.41) is 12.0. The number of fused-ring (bicyclic) bond motifs is 1. The predicted octanol–water partition coefficient (Wildman–Crippen LogP) is 5.07. The van der Waals surface area contributed by atoms with E-state index in [1.165, 1.54) is 4.88 Å². The van der Waals surface area contributed by atoms with Gasteiger partial charge in [-0.15, -0.1) is 11.3 Å². The lowest BCUT2D eigenvalue weighted by Gasteiger charge is -2.10. The summed E-state index contributed by atoms with van der Waals surface area (Å²) in [7, 11) is 0. The third-order valence-electron chi connectivity index (χ3n) is 4.99. The number of hydrogen-bond acceptors (Lipinski definition) is 6. The number of carbonyl (C=O) groups excluding carboxylic acids is 1. The SMILES string of the molecule is Cc1ccc(-c2cc(C(=O)Nc3ccnn3Cc3ccccc3)c3c(C)noc3n2)s1. The summed E-state index contributed by atoms with van der Waals surface area (Å²) in [6.45, 7) is 4.40. The minimum atomic E-state index is -0.261. The molecule has 0 aliphatic rings. The summed E-state index contributed by atoms with van der Waals surface area (Å²) in [5.74, 6) is 0.351. The number of hydrogen-bond donors (Lipinski definition) is 1. The molecule has 0 radical (unpaired) electrons. The molecule has 0 saturated carbocycles. The highest BCUT2D eigenvalue weighted by molar-refractivity contribution is 7.15. The van der Waals surface area contributed by atoms with E-state index >= 15 is 0 Å². The first kappa shape index (κ1) is 19.2. The molecule has 5 rings (SSSR count). The lowest BCUT2D eigenvalue weighted by atomic mass is 10.1. The zero-order valence-corrected chi connectivity index (χ0v) is 17.8. The number of pyridine rings is 1. The topological polar surface area (TPSA) is 85.8 Å². The second-order valence-corrected chi connectivity index (χ2v) is 8.52. The quantitative estimate of drug-likeness (QED) is 0.422. The van der Waals surface area contributed by atoms with Gasteiger partial charge in [0.05, 0.1) is 40.0 Å². The Morgan fingerprint density at radius 1 is 1.13 bits per heavy atom. The molecule has 31 heavy (non-hydrogen) atoms. The Hall–Kier alpha value is -3.78. The highest BCUT2D eigenvalue weighted by Gasteiger charge is 2.21. The van der Waals surface area contributed by atoms with Gasteiger partial charge in [0.25, 0.3) is 11.6 Å². The summed E-state index contributed by atoms with van der Waals surface area (Å²) in [6, 6.07) is 17.6. The number of carbonyl (C=O) groups is 1. The van der Waals surface area contributed by atoms with Gasteiger partial charge in [-0.2, -0.15) is 5.10 Å². The van der Waals surface area contributed by atoms with Crippen LogP contribution in [-0.2, 0) is 6.54 Å². The molecule has 5 aromatic rings. The van der Waals surface area contributed by atoms with E-state index < -0.39 is 0 Å². The van der Waals surface area contributed by atoms with Gasteiger partial charge in [-0.25, -0.2) is 9.67 Å². The fourth-order valence-electron chi connectivity index (χ4n) is 3.48. The molecule has 0 aliphatic carbocycles. The van der Waals surface area contributed by atoms with E-state index in [1.54, 1.807) is 41.3 Å². The van der Waals surface area contributed by atoms with Crippen LogP contribution in [0.3, 0.4) is 0 Å². The molecular weight excluding hydrogens is 410 g/mol. The van der Waals surface area contributed by atoms with Crippen LogP contribution in [0.15, 0.2) is 65.3 Å². The summed E-state index contributed by atoms with van der Waals surface area (Å²) in [6.07, 6.45) is 1.67. The Morgan fingerprint density at radius 3 is 2.74 bits per heavy atom. The van der Waals surface area contributed by atoms with Crippen molar-refractivity contribution >= 4 is 34.2 Å². The maximum Gasteiger partial charge on any atom is 0.259 e. The van der Waals surface area contributed by atoms with Gasteiger partial charge in [-0.3, -0.25) is 4.79 Å². The summed E-state index contributed by atoms with van der Waals surface area (Å²) in [5.41, 5.74) is 3.23. The van der Waals surface area contributed by atoms with Gasteiger partial charge in [0, 0.05) is 10.9 Å². The molecular formula is C23H19N5O2S. The highest BCUT2D eigenvalue weighted by atomic mass is 32.1. The minimum absolute atomic E-state index is 0.261. The predicted molar refractivity (Wildman–Crippen MR) is 120 cm³/mol. The molecule has 0 fully saturated rings.